The first kappa shape index (κ1) is 12.8. The van der Waals surface area contributed by atoms with Gasteiger partial charge in [-0.1, -0.05) is 6.07 Å². The summed E-state index contributed by atoms with van der Waals surface area (Å²) in [6, 6.07) is 9.31. The predicted molar refractivity (Wildman–Crippen MR) is 71.0 cm³/mol. The molecule has 19 heavy (non-hydrogen) atoms. The Kier molecular flexibility index (Phi) is 3.34. The van der Waals surface area contributed by atoms with Crippen LogP contribution in [0.5, 0.6) is 0 Å². The van der Waals surface area contributed by atoms with E-state index in [1.807, 2.05) is 19.1 Å². The number of benzene rings is 1. The van der Waals surface area contributed by atoms with E-state index in [0.29, 0.717) is 16.9 Å². The highest BCUT2D eigenvalue weighted by molar-refractivity contribution is 5.91. The average molecular weight is 254 g/mol. The van der Waals surface area contributed by atoms with E-state index in [1.165, 1.54) is 4.90 Å². The molecule has 0 bridgehead atoms. The zero-order valence-electron chi connectivity index (χ0n) is 11.1. The van der Waals surface area contributed by atoms with E-state index in [9.17, 15) is 4.79 Å². The monoisotopic (exact) mass is 254 g/mol. The van der Waals surface area contributed by atoms with E-state index < -0.39 is 0 Å². The second-order valence-corrected chi connectivity index (χ2v) is 4.48. The number of hydrogen-bond donors (Lipinski definition) is 0. The number of nitriles is 1. The summed E-state index contributed by atoms with van der Waals surface area (Å²) in [6.45, 7) is 1.93. The molecule has 1 amide bonds. The molecule has 0 aliphatic carbocycles. The van der Waals surface area contributed by atoms with Crippen molar-refractivity contribution in [3.63, 3.8) is 0 Å². The zero-order chi connectivity index (χ0) is 14.0. The van der Waals surface area contributed by atoms with Gasteiger partial charge in [-0.15, -0.1) is 0 Å². The Bertz CT molecular complexity index is 664. The third-order valence-electron chi connectivity index (χ3n) is 2.73. The first-order valence-corrected chi connectivity index (χ1v) is 5.81. The molecule has 1 heterocycles. The molecule has 0 saturated carbocycles. The third kappa shape index (κ3) is 2.47. The van der Waals surface area contributed by atoms with Crippen molar-refractivity contribution in [2.45, 2.75) is 6.92 Å². The largest absolute Gasteiger partial charge is 0.343 e. The SMILES string of the molecule is Cc1ccc(-n2ccc(C(=O)N(C)C)n2)c(C#N)c1. The standard InChI is InChI=1S/C14H14N4O/c1-10-4-5-13(11(8-10)9-15)18-7-6-12(16-18)14(19)17(2)3/h4-8H,1-3H3. The molecule has 96 valence electrons. The van der Waals surface area contributed by atoms with E-state index in [1.54, 1.807) is 37.1 Å². The Morgan fingerprint density at radius 2 is 2.11 bits per heavy atom. The minimum Gasteiger partial charge on any atom is -0.343 e. The molecule has 1 aromatic carbocycles. The van der Waals surface area contributed by atoms with Crippen LogP contribution in [-0.4, -0.2) is 34.7 Å². The van der Waals surface area contributed by atoms with Crippen molar-refractivity contribution in [3.05, 3.63) is 47.3 Å². The first-order valence-electron chi connectivity index (χ1n) is 5.81. The first-order chi connectivity index (χ1) is 9.02. The molecule has 0 saturated heterocycles. The summed E-state index contributed by atoms with van der Waals surface area (Å²) in [5.74, 6) is -0.163. The summed E-state index contributed by atoms with van der Waals surface area (Å²) < 4.78 is 1.55. The normalized spacial score (nSPS) is 10.0. The highest BCUT2D eigenvalue weighted by atomic mass is 16.2. The van der Waals surface area contributed by atoms with Crippen LogP contribution in [0, 0.1) is 18.3 Å². The lowest BCUT2D eigenvalue weighted by atomic mass is 10.1. The highest BCUT2D eigenvalue weighted by Gasteiger charge is 2.13. The summed E-state index contributed by atoms with van der Waals surface area (Å²) in [4.78, 5) is 13.2. The fourth-order valence-corrected chi connectivity index (χ4v) is 1.74. The number of hydrogen-bond acceptors (Lipinski definition) is 3. The van der Waals surface area contributed by atoms with Crippen LogP contribution in [0.3, 0.4) is 0 Å². The van der Waals surface area contributed by atoms with Crippen molar-refractivity contribution in [1.29, 1.82) is 5.26 Å². The topological polar surface area (TPSA) is 61.9 Å². The van der Waals surface area contributed by atoms with E-state index in [-0.39, 0.29) is 5.91 Å². The predicted octanol–water partition coefficient (Wildman–Crippen LogP) is 1.75. The minimum atomic E-state index is -0.163. The molecular weight excluding hydrogens is 240 g/mol. The number of rotatable bonds is 2. The summed E-state index contributed by atoms with van der Waals surface area (Å²) in [5.41, 5.74) is 2.57. The van der Waals surface area contributed by atoms with E-state index in [4.69, 9.17) is 5.26 Å². The molecular formula is C14H14N4O. The van der Waals surface area contributed by atoms with Gasteiger partial charge in [0.2, 0.25) is 0 Å². The quantitative estimate of drug-likeness (QED) is 0.820. The lowest BCUT2D eigenvalue weighted by Gasteiger charge is -2.07. The molecule has 0 spiro atoms. The molecule has 2 rings (SSSR count). The number of aryl methyl sites for hydroxylation is 1. The van der Waals surface area contributed by atoms with Gasteiger partial charge in [0.1, 0.15) is 6.07 Å². The summed E-state index contributed by atoms with van der Waals surface area (Å²) in [6.07, 6.45) is 1.68. The molecule has 0 fully saturated rings. The van der Waals surface area contributed by atoms with Crippen LogP contribution in [0.25, 0.3) is 5.69 Å². The second-order valence-electron chi connectivity index (χ2n) is 4.48. The number of amides is 1. The third-order valence-corrected chi connectivity index (χ3v) is 2.73. The number of aromatic nitrogens is 2. The molecule has 0 radical (unpaired) electrons. The number of carbonyl (C=O) groups is 1. The summed E-state index contributed by atoms with van der Waals surface area (Å²) in [5, 5.41) is 13.4. The second kappa shape index (κ2) is 4.94. The molecule has 5 nitrogen and oxygen atoms in total. The van der Waals surface area contributed by atoms with E-state index >= 15 is 0 Å². The molecule has 0 N–H and O–H groups in total. The minimum absolute atomic E-state index is 0.163. The molecule has 0 atom stereocenters. The van der Waals surface area contributed by atoms with Crippen LogP contribution < -0.4 is 0 Å². The van der Waals surface area contributed by atoms with Crippen LogP contribution in [0.1, 0.15) is 21.6 Å². The van der Waals surface area contributed by atoms with Gasteiger partial charge in [0.15, 0.2) is 5.69 Å². The summed E-state index contributed by atoms with van der Waals surface area (Å²) in [7, 11) is 3.35. The maximum atomic E-state index is 11.8. The van der Waals surface area contributed by atoms with Gasteiger partial charge in [-0.2, -0.15) is 10.4 Å². The Hall–Kier alpha value is -2.61. The smallest absolute Gasteiger partial charge is 0.273 e. The average Bonchev–Trinajstić information content (AvgIpc) is 2.86. The number of nitrogens with zero attached hydrogens (tertiary/aromatic N) is 4. The van der Waals surface area contributed by atoms with Gasteiger partial charge in [-0.3, -0.25) is 4.79 Å². The Labute approximate surface area is 111 Å². The van der Waals surface area contributed by atoms with Crippen LogP contribution in [0.15, 0.2) is 30.5 Å². The van der Waals surface area contributed by atoms with Gasteiger partial charge < -0.3 is 4.90 Å². The Balaban J connectivity index is 2.44. The Morgan fingerprint density at radius 3 is 2.74 bits per heavy atom. The van der Waals surface area contributed by atoms with Gasteiger partial charge in [0.05, 0.1) is 11.3 Å². The van der Waals surface area contributed by atoms with Crippen molar-refractivity contribution in [2.75, 3.05) is 14.1 Å². The maximum absolute atomic E-state index is 11.8. The van der Waals surface area contributed by atoms with Gasteiger partial charge in [0, 0.05) is 20.3 Å². The van der Waals surface area contributed by atoms with Crippen LogP contribution in [0.2, 0.25) is 0 Å². The van der Waals surface area contributed by atoms with Gasteiger partial charge in [-0.25, -0.2) is 4.68 Å². The molecule has 1 aromatic heterocycles. The van der Waals surface area contributed by atoms with Crippen molar-refractivity contribution < 1.29 is 4.79 Å². The summed E-state index contributed by atoms with van der Waals surface area (Å²) >= 11 is 0. The molecule has 2 aromatic rings. The molecule has 5 heteroatoms. The zero-order valence-corrected chi connectivity index (χ0v) is 11.1. The van der Waals surface area contributed by atoms with Gasteiger partial charge >= 0.3 is 0 Å². The molecule has 0 aliphatic rings. The van der Waals surface area contributed by atoms with Gasteiger partial charge in [0.25, 0.3) is 5.91 Å². The molecule has 0 unspecified atom stereocenters. The Morgan fingerprint density at radius 1 is 1.37 bits per heavy atom. The van der Waals surface area contributed by atoms with Gasteiger partial charge in [-0.05, 0) is 30.7 Å². The van der Waals surface area contributed by atoms with E-state index in [2.05, 4.69) is 11.2 Å². The lowest BCUT2D eigenvalue weighted by Crippen LogP contribution is -2.22. The van der Waals surface area contributed by atoms with Crippen LogP contribution >= 0.6 is 0 Å². The van der Waals surface area contributed by atoms with Crippen molar-refractivity contribution in [1.82, 2.24) is 14.7 Å². The lowest BCUT2D eigenvalue weighted by molar-refractivity contribution is 0.0821. The van der Waals surface area contributed by atoms with Crippen molar-refractivity contribution in [2.24, 2.45) is 0 Å². The fraction of sp³-hybridized carbons (Fsp3) is 0.214. The number of carbonyl (C=O) groups excluding carboxylic acids is 1. The van der Waals surface area contributed by atoms with Crippen LogP contribution in [0.4, 0.5) is 0 Å². The highest BCUT2D eigenvalue weighted by Crippen LogP contribution is 2.15. The van der Waals surface area contributed by atoms with Crippen molar-refractivity contribution >= 4 is 5.91 Å². The van der Waals surface area contributed by atoms with Crippen molar-refractivity contribution in [3.8, 4) is 11.8 Å². The maximum Gasteiger partial charge on any atom is 0.273 e. The van der Waals surface area contributed by atoms with Crippen LogP contribution in [-0.2, 0) is 0 Å². The molecule has 0 aliphatic heterocycles. The van der Waals surface area contributed by atoms with E-state index in [0.717, 1.165) is 5.56 Å². The fourth-order valence-electron chi connectivity index (χ4n) is 1.74.